The smallest absolute Gasteiger partial charge is 0.124 e. The van der Waals surface area contributed by atoms with Gasteiger partial charge in [-0.3, -0.25) is 0 Å². The second-order valence-electron chi connectivity index (χ2n) is 2.08. The monoisotopic (exact) mass is 142 g/mol. The van der Waals surface area contributed by atoms with Crippen molar-refractivity contribution >= 4 is 0 Å². The third-order valence-corrected chi connectivity index (χ3v) is 1.21. The van der Waals surface area contributed by atoms with Crippen LogP contribution in [0.2, 0.25) is 0 Å². The standard InChI is InChI=1S/C6H10N2O2/c7-4-6(9)3-5-1-2-10-8-5/h1-2,6,9H,3-4,7H2. The first-order chi connectivity index (χ1) is 4.83. The molecular weight excluding hydrogens is 132 g/mol. The summed E-state index contributed by atoms with van der Waals surface area (Å²) in [4.78, 5) is 0. The van der Waals surface area contributed by atoms with E-state index >= 15 is 0 Å². The van der Waals surface area contributed by atoms with Gasteiger partial charge in [0.05, 0.1) is 11.8 Å². The third kappa shape index (κ3) is 1.82. The zero-order valence-electron chi connectivity index (χ0n) is 5.53. The van der Waals surface area contributed by atoms with Crippen LogP contribution in [0.25, 0.3) is 0 Å². The Morgan fingerprint density at radius 1 is 1.80 bits per heavy atom. The highest BCUT2D eigenvalue weighted by atomic mass is 16.5. The number of rotatable bonds is 3. The molecule has 1 rings (SSSR count). The van der Waals surface area contributed by atoms with Crippen molar-refractivity contribution in [2.24, 2.45) is 5.73 Å². The van der Waals surface area contributed by atoms with Gasteiger partial charge in [0.1, 0.15) is 6.26 Å². The van der Waals surface area contributed by atoms with Crippen molar-refractivity contribution in [2.45, 2.75) is 12.5 Å². The Morgan fingerprint density at radius 3 is 3.10 bits per heavy atom. The number of nitrogens with two attached hydrogens (primary N) is 1. The van der Waals surface area contributed by atoms with Crippen LogP contribution in [0.15, 0.2) is 16.9 Å². The summed E-state index contributed by atoms with van der Waals surface area (Å²) in [5.41, 5.74) is 5.91. The van der Waals surface area contributed by atoms with Gasteiger partial charge >= 0.3 is 0 Å². The average Bonchev–Trinajstić information content (AvgIpc) is 2.40. The summed E-state index contributed by atoms with van der Waals surface area (Å²) in [7, 11) is 0. The van der Waals surface area contributed by atoms with Crippen LogP contribution in [0.4, 0.5) is 0 Å². The minimum atomic E-state index is -0.509. The van der Waals surface area contributed by atoms with Gasteiger partial charge in [0.2, 0.25) is 0 Å². The predicted molar refractivity (Wildman–Crippen MR) is 35.3 cm³/mol. The van der Waals surface area contributed by atoms with E-state index in [0.29, 0.717) is 6.42 Å². The molecular formula is C6H10N2O2. The lowest BCUT2D eigenvalue weighted by Crippen LogP contribution is -2.22. The van der Waals surface area contributed by atoms with E-state index in [4.69, 9.17) is 10.8 Å². The Balaban J connectivity index is 2.40. The summed E-state index contributed by atoms with van der Waals surface area (Å²) in [6, 6.07) is 1.71. The molecule has 3 N–H and O–H groups in total. The fraction of sp³-hybridized carbons (Fsp3) is 0.500. The van der Waals surface area contributed by atoms with Crippen molar-refractivity contribution in [1.82, 2.24) is 5.16 Å². The van der Waals surface area contributed by atoms with Crippen LogP contribution < -0.4 is 5.73 Å². The summed E-state index contributed by atoms with van der Waals surface area (Å²) in [5, 5.41) is 12.6. The first-order valence-corrected chi connectivity index (χ1v) is 3.10. The molecule has 4 heteroatoms. The molecule has 0 aliphatic heterocycles. The average molecular weight is 142 g/mol. The van der Waals surface area contributed by atoms with Gasteiger partial charge in [-0.1, -0.05) is 5.16 Å². The predicted octanol–water partition coefficient (Wildman–Crippen LogP) is -0.463. The van der Waals surface area contributed by atoms with Gasteiger partial charge < -0.3 is 15.4 Å². The van der Waals surface area contributed by atoms with Gasteiger partial charge in [-0.15, -0.1) is 0 Å². The lowest BCUT2D eigenvalue weighted by molar-refractivity contribution is 0.180. The van der Waals surface area contributed by atoms with Gasteiger partial charge in [-0.2, -0.15) is 0 Å². The van der Waals surface area contributed by atoms with E-state index in [9.17, 15) is 0 Å². The zero-order chi connectivity index (χ0) is 7.40. The highest BCUT2D eigenvalue weighted by Gasteiger charge is 2.04. The maximum atomic E-state index is 9.02. The van der Waals surface area contributed by atoms with Crippen molar-refractivity contribution in [3.63, 3.8) is 0 Å². The molecule has 1 aromatic rings. The molecule has 1 unspecified atom stereocenters. The number of hydrogen-bond acceptors (Lipinski definition) is 4. The van der Waals surface area contributed by atoms with Gasteiger partial charge in [0.25, 0.3) is 0 Å². The van der Waals surface area contributed by atoms with Crippen LogP contribution in [0.1, 0.15) is 5.69 Å². The second kappa shape index (κ2) is 3.34. The number of nitrogens with zero attached hydrogens (tertiary/aromatic N) is 1. The summed E-state index contributed by atoms with van der Waals surface area (Å²) in [6.45, 7) is 0.257. The van der Waals surface area contributed by atoms with Crippen LogP contribution >= 0.6 is 0 Å². The van der Waals surface area contributed by atoms with Crippen molar-refractivity contribution in [3.8, 4) is 0 Å². The quantitative estimate of drug-likeness (QED) is 0.598. The Bertz CT molecular complexity index is 174. The van der Waals surface area contributed by atoms with Crippen LogP contribution in [-0.2, 0) is 6.42 Å². The molecule has 1 heterocycles. The van der Waals surface area contributed by atoms with Crippen molar-refractivity contribution in [3.05, 3.63) is 18.0 Å². The largest absolute Gasteiger partial charge is 0.391 e. The lowest BCUT2D eigenvalue weighted by atomic mass is 10.2. The zero-order valence-corrected chi connectivity index (χ0v) is 5.53. The van der Waals surface area contributed by atoms with E-state index in [-0.39, 0.29) is 6.54 Å². The van der Waals surface area contributed by atoms with E-state index < -0.39 is 6.10 Å². The Morgan fingerprint density at radius 2 is 2.60 bits per heavy atom. The number of aliphatic hydroxyl groups excluding tert-OH is 1. The lowest BCUT2D eigenvalue weighted by Gasteiger charge is -2.02. The van der Waals surface area contributed by atoms with Crippen molar-refractivity contribution < 1.29 is 9.63 Å². The van der Waals surface area contributed by atoms with Crippen LogP contribution in [-0.4, -0.2) is 22.9 Å². The molecule has 4 nitrogen and oxygen atoms in total. The maximum Gasteiger partial charge on any atom is 0.124 e. The van der Waals surface area contributed by atoms with Gasteiger partial charge in [-0.25, -0.2) is 0 Å². The van der Waals surface area contributed by atoms with Crippen LogP contribution in [0.3, 0.4) is 0 Å². The fourth-order valence-corrected chi connectivity index (χ4v) is 0.668. The normalized spacial score (nSPS) is 13.4. The first-order valence-electron chi connectivity index (χ1n) is 3.10. The fourth-order valence-electron chi connectivity index (χ4n) is 0.668. The highest BCUT2D eigenvalue weighted by molar-refractivity contribution is 4.96. The molecule has 0 fully saturated rings. The third-order valence-electron chi connectivity index (χ3n) is 1.21. The molecule has 0 saturated heterocycles. The molecule has 0 bridgehead atoms. The molecule has 1 atom stereocenters. The van der Waals surface area contributed by atoms with Crippen molar-refractivity contribution in [1.29, 1.82) is 0 Å². The Hall–Kier alpha value is -0.870. The molecule has 0 aliphatic rings. The Kier molecular flexibility index (Phi) is 2.42. The molecule has 1 aromatic heterocycles. The van der Waals surface area contributed by atoms with Gasteiger partial charge in [0.15, 0.2) is 0 Å². The molecule has 0 amide bonds. The highest BCUT2D eigenvalue weighted by Crippen LogP contribution is 1.98. The van der Waals surface area contributed by atoms with E-state index in [1.165, 1.54) is 6.26 Å². The van der Waals surface area contributed by atoms with E-state index in [0.717, 1.165) is 5.69 Å². The Labute approximate surface area is 58.6 Å². The maximum absolute atomic E-state index is 9.02. The molecule has 0 spiro atoms. The molecule has 0 aliphatic carbocycles. The molecule has 56 valence electrons. The topological polar surface area (TPSA) is 72.3 Å². The first kappa shape index (κ1) is 7.24. The van der Waals surface area contributed by atoms with Gasteiger partial charge in [0, 0.05) is 19.0 Å². The summed E-state index contributed by atoms with van der Waals surface area (Å²) >= 11 is 0. The minimum Gasteiger partial charge on any atom is -0.391 e. The van der Waals surface area contributed by atoms with E-state index in [1.807, 2.05) is 0 Å². The minimum absolute atomic E-state index is 0.257. The number of hydrogen-bond donors (Lipinski definition) is 2. The van der Waals surface area contributed by atoms with E-state index in [1.54, 1.807) is 6.07 Å². The number of aromatic nitrogens is 1. The summed E-state index contributed by atoms with van der Waals surface area (Å²) in [5.74, 6) is 0. The van der Waals surface area contributed by atoms with Crippen molar-refractivity contribution in [2.75, 3.05) is 6.54 Å². The van der Waals surface area contributed by atoms with Crippen LogP contribution in [0.5, 0.6) is 0 Å². The van der Waals surface area contributed by atoms with Crippen LogP contribution in [0, 0.1) is 0 Å². The summed E-state index contributed by atoms with van der Waals surface area (Å²) < 4.78 is 4.56. The summed E-state index contributed by atoms with van der Waals surface area (Å²) in [6.07, 6.45) is 1.43. The SMILES string of the molecule is NCC(O)Cc1ccon1. The second-order valence-corrected chi connectivity index (χ2v) is 2.08. The molecule has 0 radical (unpaired) electrons. The molecule has 10 heavy (non-hydrogen) atoms. The van der Waals surface area contributed by atoms with Gasteiger partial charge in [-0.05, 0) is 0 Å². The number of aliphatic hydroxyl groups is 1. The molecule has 0 aromatic carbocycles. The molecule has 0 saturated carbocycles. The van der Waals surface area contributed by atoms with E-state index in [2.05, 4.69) is 9.68 Å².